The fraction of sp³-hybridized carbons (Fsp3) is 0.429. The molecule has 21 heavy (non-hydrogen) atoms. The number of aryl methyl sites for hydroxylation is 1. The third-order valence-electron chi connectivity index (χ3n) is 2.81. The maximum Gasteiger partial charge on any atom is 0.374 e. The molecular weight excluding hydrogens is 272 g/mol. The monoisotopic (exact) mass is 290 g/mol. The van der Waals surface area contributed by atoms with Crippen molar-refractivity contribution in [3.63, 3.8) is 0 Å². The number of anilines is 1. The van der Waals surface area contributed by atoms with Crippen molar-refractivity contribution in [3.05, 3.63) is 35.1 Å². The van der Waals surface area contributed by atoms with Gasteiger partial charge in [0.2, 0.25) is 5.82 Å². The average Bonchev–Trinajstić information content (AvgIpc) is 2.81. The van der Waals surface area contributed by atoms with Crippen LogP contribution in [0.4, 0.5) is 5.82 Å². The summed E-state index contributed by atoms with van der Waals surface area (Å²) in [4.78, 5) is 19.2. The van der Waals surface area contributed by atoms with Gasteiger partial charge in [-0.15, -0.1) is 0 Å². The van der Waals surface area contributed by atoms with Gasteiger partial charge in [0.05, 0.1) is 12.2 Å². The molecule has 2 aromatic rings. The zero-order valence-corrected chi connectivity index (χ0v) is 12.5. The molecule has 112 valence electrons. The summed E-state index contributed by atoms with van der Waals surface area (Å²) in [5.74, 6) is -0.202. The number of hydrogen-bond donors (Lipinski definition) is 2. The molecule has 2 heterocycles. The first-order valence-corrected chi connectivity index (χ1v) is 6.54. The first-order chi connectivity index (χ1) is 9.75. The van der Waals surface area contributed by atoms with Gasteiger partial charge in [-0.25, -0.2) is 14.8 Å². The van der Waals surface area contributed by atoms with E-state index in [1.54, 1.807) is 19.1 Å². The first kappa shape index (κ1) is 15.0. The van der Waals surface area contributed by atoms with Crippen LogP contribution < -0.4 is 5.32 Å². The van der Waals surface area contributed by atoms with Crippen LogP contribution in [0.2, 0.25) is 0 Å². The second kappa shape index (κ2) is 5.51. The molecule has 0 radical (unpaired) electrons. The standard InChI is InChI=1S/C14H18N4O3/c1-8-5-9(18-21-8)7-15-11-6-10(14(2,3)4)16-12(17-11)13(19)20/h5-6H,7H2,1-4H3,(H,19,20)(H,15,16,17). The number of hydrogen-bond acceptors (Lipinski definition) is 6. The number of carboxylic acids is 1. The van der Waals surface area contributed by atoms with Crippen molar-refractivity contribution in [2.24, 2.45) is 0 Å². The molecule has 7 nitrogen and oxygen atoms in total. The van der Waals surface area contributed by atoms with Crippen molar-refractivity contribution in [1.29, 1.82) is 0 Å². The Bertz CT molecular complexity index is 658. The normalized spacial score (nSPS) is 11.4. The second-order valence-electron chi connectivity index (χ2n) is 5.80. The molecule has 7 heteroatoms. The van der Waals surface area contributed by atoms with Gasteiger partial charge in [-0.05, 0) is 6.92 Å². The topological polar surface area (TPSA) is 101 Å². The van der Waals surface area contributed by atoms with Crippen LogP contribution >= 0.6 is 0 Å². The van der Waals surface area contributed by atoms with E-state index in [4.69, 9.17) is 9.63 Å². The Labute approximate surface area is 122 Å². The third kappa shape index (κ3) is 3.77. The Morgan fingerprint density at radius 3 is 2.57 bits per heavy atom. The lowest BCUT2D eigenvalue weighted by Gasteiger charge is -2.18. The number of nitrogens with one attached hydrogen (secondary N) is 1. The smallest absolute Gasteiger partial charge is 0.374 e. The molecule has 0 atom stereocenters. The Kier molecular flexibility index (Phi) is 3.93. The van der Waals surface area contributed by atoms with Crippen LogP contribution in [-0.2, 0) is 12.0 Å². The van der Waals surface area contributed by atoms with Crippen molar-refractivity contribution >= 4 is 11.8 Å². The minimum absolute atomic E-state index is 0.221. The highest BCUT2D eigenvalue weighted by atomic mass is 16.5. The Morgan fingerprint density at radius 2 is 2.05 bits per heavy atom. The van der Waals surface area contributed by atoms with E-state index in [9.17, 15) is 4.79 Å². The molecule has 2 aromatic heterocycles. The summed E-state index contributed by atoms with van der Waals surface area (Å²) in [7, 11) is 0. The molecule has 0 saturated heterocycles. The van der Waals surface area contributed by atoms with E-state index in [0.717, 1.165) is 11.5 Å². The molecule has 0 bridgehead atoms. The molecule has 0 aromatic carbocycles. The zero-order valence-electron chi connectivity index (χ0n) is 12.5. The van der Waals surface area contributed by atoms with Gasteiger partial charge in [0.1, 0.15) is 17.3 Å². The summed E-state index contributed by atoms with van der Waals surface area (Å²) >= 11 is 0. The van der Waals surface area contributed by atoms with E-state index in [2.05, 4.69) is 20.4 Å². The quantitative estimate of drug-likeness (QED) is 0.891. The third-order valence-corrected chi connectivity index (χ3v) is 2.81. The summed E-state index contributed by atoms with van der Waals surface area (Å²) in [5, 5.41) is 16.0. The van der Waals surface area contributed by atoms with Gasteiger partial charge in [-0.1, -0.05) is 25.9 Å². The van der Waals surface area contributed by atoms with Crippen LogP contribution in [0.25, 0.3) is 0 Å². The summed E-state index contributed by atoms with van der Waals surface area (Å²) in [6.07, 6.45) is 0. The molecule has 2 N–H and O–H groups in total. The van der Waals surface area contributed by atoms with Crippen molar-refractivity contribution in [1.82, 2.24) is 15.1 Å². The maximum atomic E-state index is 11.1. The molecule has 0 aliphatic heterocycles. The van der Waals surface area contributed by atoms with Crippen molar-refractivity contribution in [3.8, 4) is 0 Å². The van der Waals surface area contributed by atoms with Gasteiger partial charge in [0, 0.05) is 17.5 Å². The summed E-state index contributed by atoms with van der Waals surface area (Å²) in [5.41, 5.74) is 1.11. The van der Waals surface area contributed by atoms with Crippen molar-refractivity contribution < 1.29 is 14.4 Å². The fourth-order valence-electron chi connectivity index (χ4n) is 1.70. The zero-order chi connectivity index (χ0) is 15.6. The van der Waals surface area contributed by atoms with Crippen LogP contribution in [0.5, 0.6) is 0 Å². The lowest BCUT2D eigenvalue weighted by molar-refractivity contribution is 0.0683. The van der Waals surface area contributed by atoms with E-state index in [-0.39, 0.29) is 11.2 Å². The van der Waals surface area contributed by atoms with Gasteiger partial charge < -0.3 is 14.9 Å². The molecular formula is C14H18N4O3. The van der Waals surface area contributed by atoms with Gasteiger partial charge in [0.25, 0.3) is 0 Å². The highest BCUT2D eigenvalue weighted by Gasteiger charge is 2.20. The van der Waals surface area contributed by atoms with Gasteiger partial charge in [-0.3, -0.25) is 0 Å². The first-order valence-electron chi connectivity index (χ1n) is 6.54. The molecule has 0 aliphatic rings. The van der Waals surface area contributed by atoms with E-state index >= 15 is 0 Å². The predicted octanol–water partition coefficient (Wildman–Crippen LogP) is 2.38. The van der Waals surface area contributed by atoms with Gasteiger partial charge in [-0.2, -0.15) is 0 Å². The fourth-order valence-corrected chi connectivity index (χ4v) is 1.70. The maximum absolute atomic E-state index is 11.1. The Hall–Kier alpha value is -2.44. The van der Waals surface area contributed by atoms with Crippen LogP contribution in [0.3, 0.4) is 0 Å². The van der Waals surface area contributed by atoms with E-state index < -0.39 is 5.97 Å². The van der Waals surface area contributed by atoms with Crippen LogP contribution in [0.15, 0.2) is 16.7 Å². The molecule has 0 spiro atoms. The summed E-state index contributed by atoms with van der Waals surface area (Å²) < 4.78 is 4.98. The average molecular weight is 290 g/mol. The minimum Gasteiger partial charge on any atom is -0.475 e. The van der Waals surface area contributed by atoms with Crippen LogP contribution in [0.1, 0.15) is 48.5 Å². The second-order valence-corrected chi connectivity index (χ2v) is 5.80. The van der Waals surface area contributed by atoms with Crippen molar-refractivity contribution in [2.45, 2.75) is 39.7 Å². The van der Waals surface area contributed by atoms with Crippen molar-refractivity contribution in [2.75, 3.05) is 5.32 Å². The lowest BCUT2D eigenvalue weighted by atomic mass is 9.92. The number of carbonyl (C=O) groups is 1. The van der Waals surface area contributed by atoms with Gasteiger partial charge in [0.15, 0.2) is 0 Å². The van der Waals surface area contributed by atoms with Gasteiger partial charge >= 0.3 is 5.97 Å². The number of aromatic carboxylic acids is 1. The lowest BCUT2D eigenvalue weighted by Crippen LogP contribution is -2.18. The van der Waals surface area contributed by atoms with E-state index in [1.807, 2.05) is 20.8 Å². The minimum atomic E-state index is -1.15. The molecule has 2 rings (SSSR count). The summed E-state index contributed by atoms with van der Waals surface area (Å²) in [6, 6.07) is 3.55. The Morgan fingerprint density at radius 1 is 1.33 bits per heavy atom. The number of rotatable bonds is 4. The largest absolute Gasteiger partial charge is 0.475 e. The predicted molar refractivity (Wildman–Crippen MR) is 76.3 cm³/mol. The SMILES string of the molecule is Cc1cc(CNc2cc(C(C)(C)C)nc(C(=O)O)n2)no1. The molecule has 0 aliphatic carbocycles. The molecule has 0 amide bonds. The van der Waals surface area contributed by atoms with E-state index in [1.165, 1.54) is 0 Å². The van der Waals surface area contributed by atoms with Crippen LogP contribution in [0, 0.1) is 6.92 Å². The highest BCUT2D eigenvalue weighted by molar-refractivity contribution is 5.83. The highest BCUT2D eigenvalue weighted by Crippen LogP contribution is 2.22. The molecule has 0 unspecified atom stereocenters. The number of nitrogens with zero attached hydrogens (tertiary/aromatic N) is 3. The molecule has 0 fully saturated rings. The summed E-state index contributed by atoms with van der Waals surface area (Å²) in [6.45, 7) is 8.10. The van der Waals surface area contributed by atoms with Crippen LogP contribution in [-0.4, -0.2) is 26.2 Å². The van der Waals surface area contributed by atoms with E-state index in [0.29, 0.717) is 18.1 Å². The molecule has 0 saturated carbocycles. The number of aromatic nitrogens is 3. The Balaban J connectivity index is 2.25. The number of carboxylic acid groups (broad SMARTS) is 1.